The molecule has 0 heterocycles. The maximum Gasteiger partial charge on any atom is 0.226 e. The van der Waals surface area contributed by atoms with E-state index in [1.165, 1.54) is 11.1 Å². The molecule has 0 aliphatic rings. The third kappa shape index (κ3) is 4.64. The van der Waals surface area contributed by atoms with Gasteiger partial charge in [0.15, 0.2) is 0 Å². The Labute approximate surface area is 123 Å². The van der Waals surface area contributed by atoms with E-state index >= 15 is 0 Å². The zero-order valence-electron chi connectivity index (χ0n) is 13.6. The second-order valence-corrected chi connectivity index (χ2v) is 7.01. The molecule has 0 aliphatic carbocycles. The van der Waals surface area contributed by atoms with Crippen LogP contribution in [0.5, 0.6) is 0 Å². The van der Waals surface area contributed by atoms with Gasteiger partial charge in [0.05, 0.1) is 5.41 Å². The van der Waals surface area contributed by atoms with Gasteiger partial charge in [-0.3, -0.25) is 4.79 Å². The van der Waals surface area contributed by atoms with Crippen LogP contribution >= 0.6 is 0 Å². The summed E-state index contributed by atoms with van der Waals surface area (Å²) in [6.45, 7) is 12.0. The number of hydrogen-bond donors (Lipinski definition) is 2. The van der Waals surface area contributed by atoms with Crippen LogP contribution in [0.15, 0.2) is 24.3 Å². The zero-order chi connectivity index (χ0) is 15.4. The van der Waals surface area contributed by atoms with Crippen molar-refractivity contribution in [1.29, 1.82) is 0 Å². The number of amides is 1. The summed E-state index contributed by atoms with van der Waals surface area (Å²) in [5, 5.41) is 6.05. The predicted octanol–water partition coefficient (Wildman–Crippen LogP) is 2.85. The Morgan fingerprint density at radius 3 is 2.05 bits per heavy atom. The summed E-state index contributed by atoms with van der Waals surface area (Å²) in [7, 11) is 1.68. The molecule has 0 aromatic heterocycles. The fraction of sp³-hybridized carbons (Fsp3) is 0.588. The van der Waals surface area contributed by atoms with Crippen LogP contribution < -0.4 is 10.6 Å². The van der Waals surface area contributed by atoms with E-state index in [4.69, 9.17) is 0 Å². The topological polar surface area (TPSA) is 41.1 Å². The lowest BCUT2D eigenvalue weighted by Gasteiger charge is -2.23. The van der Waals surface area contributed by atoms with E-state index in [0.717, 1.165) is 6.54 Å². The molecule has 1 rings (SSSR count). The van der Waals surface area contributed by atoms with Gasteiger partial charge in [0.1, 0.15) is 0 Å². The second-order valence-electron chi connectivity index (χ2n) is 7.01. The minimum atomic E-state index is -0.389. The van der Waals surface area contributed by atoms with Gasteiger partial charge >= 0.3 is 0 Å². The molecule has 0 radical (unpaired) electrons. The van der Waals surface area contributed by atoms with Crippen molar-refractivity contribution in [3.63, 3.8) is 0 Å². The lowest BCUT2D eigenvalue weighted by atomic mass is 9.87. The smallest absolute Gasteiger partial charge is 0.226 e. The highest BCUT2D eigenvalue weighted by Crippen LogP contribution is 2.22. The number of rotatable bonds is 5. The molecule has 0 unspecified atom stereocenters. The Balaban J connectivity index is 2.53. The number of nitrogens with one attached hydrogen (secondary N) is 2. The summed E-state index contributed by atoms with van der Waals surface area (Å²) >= 11 is 0. The zero-order valence-corrected chi connectivity index (χ0v) is 13.6. The van der Waals surface area contributed by atoms with Crippen molar-refractivity contribution in [3.05, 3.63) is 35.4 Å². The molecule has 0 atom stereocenters. The molecule has 20 heavy (non-hydrogen) atoms. The third-order valence-electron chi connectivity index (χ3n) is 3.56. The summed E-state index contributed by atoms with van der Waals surface area (Å²) in [5.74, 6) is 0.0630. The van der Waals surface area contributed by atoms with Crippen LogP contribution in [0.4, 0.5) is 0 Å². The maximum atomic E-state index is 11.7. The quantitative estimate of drug-likeness (QED) is 0.868. The number of benzene rings is 1. The molecule has 2 N–H and O–H groups in total. The SMILES string of the molecule is CNC(=O)C(C)(C)CNCc1ccc(C(C)(C)C)cc1. The van der Waals surface area contributed by atoms with E-state index in [9.17, 15) is 4.79 Å². The minimum Gasteiger partial charge on any atom is -0.359 e. The summed E-state index contributed by atoms with van der Waals surface area (Å²) in [4.78, 5) is 11.7. The molecule has 3 heteroatoms. The minimum absolute atomic E-state index is 0.0630. The normalized spacial score (nSPS) is 12.3. The number of carbonyl (C=O) groups is 1. The maximum absolute atomic E-state index is 11.7. The highest BCUT2D eigenvalue weighted by atomic mass is 16.2. The van der Waals surface area contributed by atoms with Gasteiger partial charge < -0.3 is 10.6 Å². The summed E-state index contributed by atoms with van der Waals surface area (Å²) in [5.41, 5.74) is 2.38. The van der Waals surface area contributed by atoms with Gasteiger partial charge in [0.2, 0.25) is 5.91 Å². The first kappa shape index (κ1) is 16.7. The Morgan fingerprint density at radius 1 is 1.05 bits per heavy atom. The summed E-state index contributed by atoms with van der Waals surface area (Å²) in [6, 6.07) is 8.67. The fourth-order valence-corrected chi connectivity index (χ4v) is 2.06. The molecule has 1 amide bonds. The van der Waals surface area contributed by atoms with Crippen molar-refractivity contribution >= 4 is 5.91 Å². The molecular weight excluding hydrogens is 248 g/mol. The van der Waals surface area contributed by atoms with Gasteiger partial charge in [-0.25, -0.2) is 0 Å². The fourth-order valence-electron chi connectivity index (χ4n) is 2.06. The molecule has 112 valence electrons. The first-order chi connectivity index (χ1) is 9.16. The molecular formula is C17H28N2O. The van der Waals surface area contributed by atoms with Gasteiger partial charge in [0, 0.05) is 20.1 Å². The Kier molecular flexibility index (Phi) is 5.35. The summed E-state index contributed by atoms with van der Waals surface area (Å²) < 4.78 is 0. The first-order valence-electron chi connectivity index (χ1n) is 7.19. The predicted molar refractivity (Wildman–Crippen MR) is 84.7 cm³/mol. The van der Waals surface area contributed by atoms with Gasteiger partial charge in [-0.15, -0.1) is 0 Å². The van der Waals surface area contributed by atoms with Gasteiger partial charge in [-0.05, 0) is 30.4 Å². The average molecular weight is 276 g/mol. The molecule has 1 aromatic rings. The first-order valence-corrected chi connectivity index (χ1v) is 7.19. The molecule has 0 spiro atoms. The Hall–Kier alpha value is -1.35. The molecule has 0 saturated carbocycles. The van der Waals surface area contributed by atoms with Crippen molar-refractivity contribution in [2.24, 2.45) is 5.41 Å². The average Bonchev–Trinajstić information content (AvgIpc) is 2.37. The Bertz CT molecular complexity index is 441. The van der Waals surface area contributed by atoms with Crippen molar-refractivity contribution < 1.29 is 4.79 Å². The van der Waals surface area contributed by atoms with E-state index < -0.39 is 0 Å². The highest BCUT2D eigenvalue weighted by molar-refractivity contribution is 5.81. The second kappa shape index (κ2) is 6.40. The highest BCUT2D eigenvalue weighted by Gasteiger charge is 2.25. The molecule has 0 bridgehead atoms. The molecule has 0 aliphatic heterocycles. The van der Waals surface area contributed by atoms with Crippen LogP contribution in [0.2, 0.25) is 0 Å². The molecule has 0 fully saturated rings. The summed E-state index contributed by atoms with van der Waals surface area (Å²) in [6.07, 6.45) is 0. The van der Waals surface area contributed by atoms with E-state index in [1.807, 2.05) is 13.8 Å². The van der Waals surface area contributed by atoms with Gasteiger partial charge in [-0.2, -0.15) is 0 Å². The third-order valence-corrected chi connectivity index (χ3v) is 3.56. The number of carbonyl (C=O) groups excluding carboxylic acids is 1. The van der Waals surface area contributed by atoms with E-state index in [2.05, 4.69) is 55.7 Å². The van der Waals surface area contributed by atoms with Crippen molar-refractivity contribution in [3.8, 4) is 0 Å². The monoisotopic (exact) mass is 276 g/mol. The van der Waals surface area contributed by atoms with E-state index in [1.54, 1.807) is 7.05 Å². The standard InChI is InChI=1S/C17H28N2O/c1-16(2,3)14-9-7-13(8-10-14)11-19-12-17(4,5)15(20)18-6/h7-10,19H,11-12H2,1-6H3,(H,18,20). The van der Waals surface area contributed by atoms with Crippen LogP contribution in [0.25, 0.3) is 0 Å². The number of hydrogen-bond acceptors (Lipinski definition) is 2. The lowest BCUT2D eigenvalue weighted by molar-refractivity contribution is -0.128. The van der Waals surface area contributed by atoms with Crippen LogP contribution in [-0.2, 0) is 16.8 Å². The van der Waals surface area contributed by atoms with Gasteiger partial charge in [-0.1, -0.05) is 45.0 Å². The molecule has 3 nitrogen and oxygen atoms in total. The van der Waals surface area contributed by atoms with Crippen molar-refractivity contribution in [2.45, 2.75) is 46.6 Å². The molecule has 1 aromatic carbocycles. The van der Waals surface area contributed by atoms with E-state index in [-0.39, 0.29) is 16.7 Å². The van der Waals surface area contributed by atoms with Crippen LogP contribution in [0.3, 0.4) is 0 Å². The lowest BCUT2D eigenvalue weighted by Crippen LogP contribution is -2.41. The van der Waals surface area contributed by atoms with Gasteiger partial charge in [0.25, 0.3) is 0 Å². The molecule has 0 saturated heterocycles. The van der Waals surface area contributed by atoms with Crippen LogP contribution in [0.1, 0.15) is 45.7 Å². The van der Waals surface area contributed by atoms with Crippen LogP contribution in [0, 0.1) is 5.41 Å². The van der Waals surface area contributed by atoms with Crippen molar-refractivity contribution in [2.75, 3.05) is 13.6 Å². The van der Waals surface area contributed by atoms with Crippen molar-refractivity contribution in [1.82, 2.24) is 10.6 Å². The largest absolute Gasteiger partial charge is 0.359 e. The van der Waals surface area contributed by atoms with Crippen LogP contribution in [-0.4, -0.2) is 19.5 Å². The Morgan fingerprint density at radius 2 is 1.60 bits per heavy atom. The van der Waals surface area contributed by atoms with E-state index in [0.29, 0.717) is 6.54 Å².